The first-order valence-electron chi connectivity index (χ1n) is 8.56. The summed E-state index contributed by atoms with van der Waals surface area (Å²) >= 11 is 0.936. The van der Waals surface area contributed by atoms with Crippen molar-refractivity contribution in [3.05, 3.63) is 11.3 Å². The molecule has 0 saturated carbocycles. The van der Waals surface area contributed by atoms with Crippen molar-refractivity contribution in [1.82, 2.24) is 25.1 Å². The van der Waals surface area contributed by atoms with Gasteiger partial charge in [-0.3, -0.25) is 14.5 Å². The molecule has 1 aromatic heterocycles. The molecule has 0 N–H and O–H groups in total. The number of ether oxygens (including phenoxy) is 1. The second-order valence-corrected chi connectivity index (χ2v) is 12.0. The summed E-state index contributed by atoms with van der Waals surface area (Å²) in [6.45, 7) is 8.26. The fourth-order valence-electron chi connectivity index (χ4n) is 3.28. The summed E-state index contributed by atoms with van der Waals surface area (Å²) in [6, 6.07) is 0. The van der Waals surface area contributed by atoms with Crippen LogP contribution in [0.2, 0.25) is 0 Å². The van der Waals surface area contributed by atoms with Crippen molar-refractivity contribution in [2.24, 2.45) is 12.5 Å². The third kappa shape index (κ3) is 2.65. The molecule has 28 heavy (non-hydrogen) atoms. The van der Waals surface area contributed by atoms with Crippen LogP contribution >= 0.6 is 11.8 Å². The molecule has 2 aliphatic rings. The predicted molar refractivity (Wildman–Crippen MR) is 101 cm³/mol. The van der Waals surface area contributed by atoms with E-state index in [0.29, 0.717) is 0 Å². The Morgan fingerprint density at radius 1 is 1.32 bits per heavy atom. The lowest BCUT2D eigenvalue weighted by atomic mass is 9.85. The maximum absolute atomic E-state index is 13.6. The molecule has 12 heteroatoms. The second kappa shape index (κ2) is 6.36. The van der Waals surface area contributed by atoms with Crippen molar-refractivity contribution in [3.63, 3.8) is 0 Å². The number of methoxy groups -OCH3 is 1. The SMILES string of the molecule is CO[C@H]1C(=O)N2C(C(=O)C(C)(C)C)=C(C)C(C)(Sc3nnnn3C)S(=O)(=O)[C@H]12. The number of aryl methyl sites for hydroxylation is 1. The van der Waals surface area contributed by atoms with Gasteiger partial charge in [0, 0.05) is 19.6 Å². The molecular weight excluding hydrogens is 406 g/mol. The summed E-state index contributed by atoms with van der Waals surface area (Å²) in [5.41, 5.74) is -0.422. The van der Waals surface area contributed by atoms with Gasteiger partial charge in [0.2, 0.25) is 5.16 Å². The first-order valence-corrected chi connectivity index (χ1v) is 10.9. The van der Waals surface area contributed by atoms with Gasteiger partial charge in [-0.2, -0.15) is 0 Å². The number of tetrazole rings is 1. The molecule has 1 unspecified atom stereocenters. The summed E-state index contributed by atoms with van der Waals surface area (Å²) in [5.74, 6) is -0.842. The first kappa shape index (κ1) is 20.9. The number of fused-ring (bicyclic) bond motifs is 1. The zero-order chi connectivity index (χ0) is 21.2. The molecule has 10 nitrogen and oxygen atoms in total. The Bertz CT molecular complexity index is 993. The highest BCUT2D eigenvalue weighted by atomic mass is 32.3. The number of sulfone groups is 1. The molecule has 1 fully saturated rings. The van der Waals surface area contributed by atoms with Gasteiger partial charge in [-0.15, -0.1) is 5.10 Å². The van der Waals surface area contributed by atoms with Crippen molar-refractivity contribution in [1.29, 1.82) is 0 Å². The molecule has 0 radical (unpaired) electrons. The fraction of sp³-hybridized carbons (Fsp3) is 0.688. The number of rotatable bonds is 4. The number of hydrogen-bond acceptors (Lipinski definition) is 9. The molecule has 0 spiro atoms. The summed E-state index contributed by atoms with van der Waals surface area (Å²) in [5, 5.41) is 10.2. The fourth-order valence-corrected chi connectivity index (χ4v) is 7.14. The van der Waals surface area contributed by atoms with Crippen LogP contribution in [0.1, 0.15) is 34.6 Å². The lowest BCUT2D eigenvalue weighted by Crippen LogP contribution is -2.73. The highest BCUT2D eigenvalue weighted by Crippen LogP contribution is 2.53. The number of thioether (sulfide) groups is 1. The predicted octanol–water partition coefficient (Wildman–Crippen LogP) is 0.519. The molecule has 0 aromatic carbocycles. The van der Waals surface area contributed by atoms with E-state index in [9.17, 15) is 18.0 Å². The number of allylic oxidation sites excluding steroid dienone is 1. The van der Waals surface area contributed by atoms with Gasteiger partial charge in [0.1, 0.15) is 4.08 Å². The number of nitrogens with zero attached hydrogens (tertiary/aromatic N) is 5. The zero-order valence-electron chi connectivity index (χ0n) is 16.7. The van der Waals surface area contributed by atoms with E-state index >= 15 is 0 Å². The summed E-state index contributed by atoms with van der Waals surface area (Å²) in [4.78, 5) is 26.9. The quantitative estimate of drug-likeness (QED) is 0.630. The number of carbonyl (C=O) groups is 2. The van der Waals surface area contributed by atoms with Crippen LogP contribution in [-0.2, 0) is 31.2 Å². The largest absolute Gasteiger partial charge is 0.368 e. The van der Waals surface area contributed by atoms with Crippen molar-refractivity contribution < 1.29 is 22.7 Å². The average Bonchev–Trinajstić information content (AvgIpc) is 2.98. The van der Waals surface area contributed by atoms with E-state index < -0.39 is 36.7 Å². The van der Waals surface area contributed by atoms with E-state index in [1.807, 2.05) is 0 Å². The normalized spacial score (nSPS) is 29.5. The lowest BCUT2D eigenvalue weighted by Gasteiger charge is -2.53. The number of β-lactam (4-membered cyclic amide) rings is 1. The van der Waals surface area contributed by atoms with E-state index in [2.05, 4.69) is 15.5 Å². The molecule has 1 aromatic rings. The third-order valence-electron chi connectivity index (χ3n) is 5.15. The molecule has 0 aliphatic carbocycles. The van der Waals surface area contributed by atoms with E-state index in [-0.39, 0.29) is 22.2 Å². The van der Waals surface area contributed by atoms with Crippen LogP contribution in [0.25, 0.3) is 0 Å². The van der Waals surface area contributed by atoms with Crippen LogP contribution in [0.5, 0.6) is 0 Å². The maximum Gasteiger partial charge on any atom is 0.260 e. The minimum absolute atomic E-state index is 0.107. The number of amides is 1. The molecule has 0 bridgehead atoms. The number of ketones is 1. The van der Waals surface area contributed by atoms with Crippen LogP contribution in [0.4, 0.5) is 0 Å². The summed E-state index contributed by atoms with van der Waals surface area (Å²) in [7, 11) is -1.11. The van der Waals surface area contributed by atoms with Gasteiger partial charge < -0.3 is 4.74 Å². The molecule has 3 atom stereocenters. The Morgan fingerprint density at radius 2 is 1.93 bits per heavy atom. The molecule has 154 valence electrons. The minimum atomic E-state index is -3.99. The minimum Gasteiger partial charge on any atom is -0.368 e. The average molecular weight is 430 g/mol. The Hall–Kier alpha value is -1.79. The molecule has 2 aliphatic heterocycles. The van der Waals surface area contributed by atoms with Crippen LogP contribution in [0.3, 0.4) is 0 Å². The van der Waals surface area contributed by atoms with E-state index in [1.165, 1.54) is 18.7 Å². The van der Waals surface area contributed by atoms with Crippen LogP contribution in [0.15, 0.2) is 16.4 Å². The van der Waals surface area contributed by atoms with Gasteiger partial charge in [0.05, 0.1) is 5.70 Å². The molecule has 3 rings (SSSR count). The van der Waals surface area contributed by atoms with Crippen molar-refractivity contribution in [2.45, 2.75) is 55.3 Å². The molecule has 3 heterocycles. The van der Waals surface area contributed by atoms with Gasteiger partial charge in [-0.05, 0) is 29.8 Å². The Balaban J connectivity index is 2.26. The summed E-state index contributed by atoms with van der Waals surface area (Å²) in [6.07, 6.45) is -1.15. The zero-order valence-corrected chi connectivity index (χ0v) is 18.4. The van der Waals surface area contributed by atoms with Crippen LogP contribution in [-0.4, -0.2) is 67.9 Å². The van der Waals surface area contributed by atoms with Crippen LogP contribution in [0, 0.1) is 5.41 Å². The lowest BCUT2D eigenvalue weighted by molar-refractivity contribution is -0.161. The molecule has 1 amide bonds. The number of aromatic nitrogens is 4. The summed E-state index contributed by atoms with van der Waals surface area (Å²) < 4.78 is 32.1. The molecular formula is C16H23N5O5S2. The van der Waals surface area contributed by atoms with Crippen molar-refractivity contribution in [2.75, 3.05) is 7.11 Å². The van der Waals surface area contributed by atoms with E-state index in [1.54, 1.807) is 34.7 Å². The van der Waals surface area contributed by atoms with E-state index in [4.69, 9.17) is 4.74 Å². The Kier molecular flexibility index (Phi) is 4.75. The van der Waals surface area contributed by atoms with Gasteiger partial charge in [-0.1, -0.05) is 32.5 Å². The highest BCUT2D eigenvalue weighted by molar-refractivity contribution is 8.15. The van der Waals surface area contributed by atoms with Gasteiger partial charge in [0.15, 0.2) is 27.1 Å². The number of carbonyl (C=O) groups excluding carboxylic acids is 2. The smallest absolute Gasteiger partial charge is 0.260 e. The van der Waals surface area contributed by atoms with Crippen molar-refractivity contribution >= 4 is 33.3 Å². The van der Waals surface area contributed by atoms with Crippen molar-refractivity contribution in [3.8, 4) is 0 Å². The monoisotopic (exact) mass is 429 g/mol. The maximum atomic E-state index is 13.6. The van der Waals surface area contributed by atoms with Gasteiger partial charge in [-0.25, -0.2) is 13.1 Å². The number of hydrogen-bond donors (Lipinski definition) is 0. The third-order valence-corrected chi connectivity index (χ3v) is 9.81. The Labute approximate surface area is 167 Å². The van der Waals surface area contributed by atoms with E-state index in [0.717, 1.165) is 16.7 Å². The molecule has 1 saturated heterocycles. The van der Waals surface area contributed by atoms with Crippen LogP contribution < -0.4 is 0 Å². The van der Waals surface area contributed by atoms with Gasteiger partial charge >= 0.3 is 0 Å². The Morgan fingerprint density at radius 3 is 2.39 bits per heavy atom. The van der Waals surface area contributed by atoms with Gasteiger partial charge in [0.25, 0.3) is 5.91 Å². The first-order chi connectivity index (χ1) is 12.8. The second-order valence-electron chi connectivity index (χ2n) is 7.99. The standard InChI is InChI=1S/C16H23N5O5S2/c1-8-9(11(22)15(2,3)4)21-12(23)10(26-7)13(21)28(24,25)16(8,5)27-14-17-18-19-20(14)6/h10,13H,1-7H3/t10-,13+,16?/m0/s1. The topological polar surface area (TPSA) is 124 Å². The highest BCUT2D eigenvalue weighted by Gasteiger charge is 2.67. The number of Topliss-reactive ketones (excluding diaryl/α,β-unsaturated/α-hetero) is 1.